The van der Waals surface area contributed by atoms with Crippen molar-refractivity contribution in [2.75, 3.05) is 4.83 Å². The number of nitrogens with zero attached hydrogens (tertiary/aromatic N) is 3. The lowest BCUT2D eigenvalue weighted by molar-refractivity contribution is -0.387. The summed E-state index contributed by atoms with van der Waals surface area (Å²) in [5.41, 5.74) is -0.481. The summed E-state index contributed by atoms with van der Waals surface area (Å²) in [6.45, 7) is 0. The van der Waals surface area contributed by atoms with E-state index >= 15 is 0 Å². The molecule has 0 aliphatic heterocycles. The van der Waals surface area contributed by atoms with Crippen LogP contribution in [0, 0.1) is 10.1 Å². The number of aromatic nitrogens is 2. The first-order valence-corrected chi connectivity index (χ1v) is 6.23. The van der Waals surface area contributed by atoms with Gasteiger partial charge in [0.05, 0.1) is 4.92 Å². The fourth-order valence-electron chi connectivity index (χ4n) is 1.34. The zero-order chi connectivity index (χ0) is 13.2. The molecule has 0 fully saturated rings. The molecule has 9 heteroatoms. The number of rotatable bonds is 4. The summed E-state index contributed by atoms with van der Waals surface area (Å²) in [5, 5.41) is 10.8. The van der Waals surface area contributed by atoms with Crippen LogP contribution >= 0.6 is 0 Å². The number of nitro benzene ring substituents is 1. The van der Waals surface area contributed by atoms with Crippen molar-refractivity contribution in [2.24, 2.45) is 0 Å². The quantitative estimate of drug-likeness (QED) is 0.649. The molecule has 0 bridgehead atoms. The molecule has 2 aromatic rings. The van der Waals surface area contributed by atoms with Crippen molar-refractivity contribution in [1.29, 1.82) is 0 Å². The van der Waals surface area contributed by atoms with Crippen LogP contribution in [0.2, 0.25) is 0 Å². The Morgan fingerprint density at radius 3 is 2.67 bits per heavy atom. The first-order valence-electron chi connectivity index (χ1n) is 4.75. The monoisotopic (exact) mass is 268 g/mol. The first kappa shape index (κ1) is 12.0. The summed E-state index contributed by atoms with van der Waals surface area (Å²) in [7, 11) is -4.03. The van der Waals surface area contributed by atoms with E-state index in [2.05, 4.69) is 9.82 Å². The Morgan fingerprint density at radius 1 is 1.33 bits per heavy atom. The van der Waals surface area contributed by atoms with Crippen molar-refractivity contribution in [3.05, 3.63) is 53.1 Å². The lowest BCUT2D eigenvalue weighted by atomic mass is 10.3. The van der Waals surface area contributed by atoms with Crippen molar-refractivity contribution in [3.8, 4) is 0 Å². The zero-order valence-electron chi connectivity index (χ0n) is 8.92. The van der Waals surface area contributed by atoms with Crippen LogP contribution in [0.1, 0.15) is 0 Å². The maximum atomic E-state index is 12.0. The molecule has 1 heterocycles. The van der Waals surface area contributed by atoms with Gasteiger partial charge < -0.3 is 0 Å². The third-order valence-electron chi connectivity index (χ3n) is 2.08. The molecule has 1 N–H and O–H groups in total. The topological polar surface area (TPSA) is 107 Å². The van der Waals surface area contributed by atoms with E-state index in [9.17, 15) is 18.5 Å². The van der Waals surface area contributed by atoms with Crippen LogP contribution in [-0.2, 0) is 10.0 Å². The highest BCUT2D eigenvalue weighted by Crippen LogP contribution is 2.22. The van der Waals surface area contributed by atoms with Crippen molar-refractivity contribution in [2.45, 2.75) is 4.90 Å². The molecular formula is C9H8N4O4S. The van der Waals surface area contributed by atoms with Gasteiger partial charge >= 0.3 is 0 Å². The van der Waals surface area contributed by atoms with E-state index in [-0.39, 0.29) is 0 Å². The van der Waals surface area contributed by atoms with Crippen LogP contribution in [0.5, 0.6) is 0 Å². The molecule has 0 unspecified atom stereocenters. The molecule has 0 radical (unpaired) electrons. The molecule has 0 aliphatic carbocycles. The van der Waals surface area contributed by atoms with Crippen molar-refractivity contribution in [1.82, 2.24) is 9.66 Å². The molecule has 94 valence electrons. The second-order valence-corrected chi connectivity index (χ2v) is 4.92. The minimum absolute atomic E-state index is 0.399. The van der Waals surface area contributed by atoms with Crippen LogP contribution in [0.3, 0.4) is 0 Å². The molecule has 8 nitrogen and oxygen atoms in total. The lowest BCUT2D eigenvalue weighted by Crippen LogP contribution is -2.22. The number of hydrogen-bond donors (Lipinski definition) is 1. The second-order valence-electron chi connectivity index (χ2n) is 3.29. The van der Waals surface area contributed by atoms with Gasteiger partial charge in [0.1, 0.15) is 6.33 Å². The largest absolute Gasteiger partial charge is 0.289 e. The van der Waals surface area contributed by atoms with Gasteiger partial charge in [0.2, 0.25) is 0 Å². The van der Waals surface area contributed by atoms with Crippen LogP contribution in [0.15, 0.2) is 47.9 Å². The average molecular weight is 268 g/mol. The van der Waals surface area contributed by atoms with Crippen LogP contribution < -0.4 is 4.83 Å². The van der Waals surface area contributed by atoms with Crippen molar-refractivity contribution >= 4 is 15.7 Å². The minimum Gasteiger partial charge on any atom is -0.258 e. The van der Waals surface area contributed by atoms with Crippen molar-refractivity contribution in [3.63, 3.8) is 0 Å². The van der Waals surface area contributed by atoms with Gasteiger partial charge in [0.25, 0.3) is 15.7 Å². The number of sulfonamides is 1. The van der Waals surface area contributed by atoms with Gasteiger partial charge in [-0.1, -0.05) is 12.1 Å². The molecule has 0 saturated heterocycles. The zero-order valence-corrected chi connectivity index (χ0v) is 9.74. The highest BCUT2D eigenvalue weighted by Gasteiger charge is 2.25. The molecule has 1 aromatic carbocycles. The smallest absolute Gasteiger partial charge is 0.258 e. The highest BCUT2D eigenvalue weighted by molar-refractivity contribution is 7.92. The summed E-state index contributed by atoms with van der Waals surface area (Å²) >= 11 is 0. The van der Waals surface area contributed by atoms with Crippen molar-refractivity contribution < 1.29 is 13.3 Å². The molecule has 2 rings (SSSR count). The number of nitrogens with one attached hydrogen (secondary N) is 1. The van der Waals surface area contributed by atoms with Gasteiger partial charge in [-0.15, -0.1) is 0 Å². The second kappa shape index (κ2) is 4.45. The van der Waals surface area contributed by atoms with Gasteiger partial charge in [-0.25, -0.2) is 14.5 Å². The summed E-state index contributed by atoms with van der Waals surface area (Å²) in [5.74, 6) is 0. The van der Waals surface area contributed by atoms with Crippen LogP contribution in [0.25, 0.3) is 0 Å². The van der Waals surface area contributed by atoms with E-state index < -0.39 is 25.5 Å². The van der Waals surface area contributed by atoms with Gasteiger partial charge in [-0.05, 0) is 6.07 Å². The van der Waals surface area contributed by atoms with E-state index in [4.69, 9.17) is 0 Å². The summed E-state index contributed by atoms with van der Waals surface area (Å²) in [4.78, 5) is 15.4. The highest BCUT2D eigenvalue weighted by atomic mass is 32.2. The van der Waals surface area contributed by atoms with Gasteiger partial charge in [-0.2, -0.15) is 8.42 Å². The summed E-state index contributed by atoms with van der Waals surface area (Å²) in [6, 6.07) is 5.10. The molecular weight excluding hydrogens is 260 g/mol. The predicted octanol–water partition coefficient (Wildman–Crippen LogP) is 0.724. The Balaban J connectivity index is 2.45. The Morgan fingerprint density at radius 2 is 2.06 bits per heavy atom. The predicted molar refractivity (Wildman–Crippen MR) is 61.9 cm³/mol. The third-order valence-corrected chi connectivity index (χ3v) is 3.46. The Hall–Kier alpha value is -2.42. The van der Waals surface area contributed by atoms with Crippen LogP contribution in [0.4, 0.5) is 5.69 Å². The fourth-order valence-corrected chi connectivity index (χ4v) is 2.50. The van der Waals surface area contributed by atoms with Gasteiger partial charge in [0.15, 0.2) is 4.90 Å². The van der Waals surface area contributed by atoms with Crippen LogP contribution in [-0.4, -0.2) is 23.0 Å². The first-order chi connectivity index (χ1) is 8.50. The normalized spacial score (nSPS) is 11.1. The maximum absolute atomic E-state index is 12.0. The number of benzene rings is 1. The van der Waals surface area contributed by atoms with Gasteiger partial charge in [0, 0.05) is 18.5 Å². The molecule has 18 heavy (non-hydrogen) atoms. The minimum atomic E-state index is -4.03. The fraction of sp³-hybridized carbons (Fsp3) is 0. The lowest BCUT2D eigenvalue weighted by Gasteiger charge is -2.08. The maximum Gasteiger partial charge on any atom is 0.289 e. The molecule has 0 atom stereocenters. The van der Waals surface area contributed by atoms with E-state index in [1.165, 1.54) is 30.9 Å². The SMILES string of the molecule is O=[N+]([O-])c1ccccc1S(=O)(=O)Nn1ccnc1. The van der Waals surface area contributed by atoms with E-state index in [1.807, 2.05) is 0 Å². The Bertz CT molecular complexity index is 666. The van der Waals surface area contributed by atoms with E-state index in [0.717, 1.165) is 16.8 Å². The third kappa shape index (κ3) is 2.30. The van der Waals surface area contributed by atoms with Gasteiger partial charge in [-0.3, -0.25) is 10.1 Å². The molecule has 0 amide bonds. The molecule has 0 saturated carbocycles. The van der Waals surface area contributed by atoms with E-state index in [0.29, 0.717) is 0 Å². The molecule has 0 aliphatic rings. The Kier molecular flexibility index (Phi) is 2.98. The number of para-hydroxylation sites is 1. The molecule has 0 spiro atoms. The Labute approximate surface area is 102 Å². The number of imidazole rings is 1. The van der Waals surface area contributed by atoms with E-state index in [1.54, 1.807) is 0 Å². The number of nitro groups is 1. The molecule has 1 aromatic heterocycles. The standard InChI is InChI=1S/C9H8N4O4S/c14-13(15)8-3-1-2-4-9(8)18(16,17)11-12-6-5-10-7-12/h1-7,11H. The average Bonchev–Trinajstić information content (AvgIpc) is 2.81. The summed E-state index contributed by atoms with van der Waals surface area (Å²) in [6.07, 6.45) is 3.97. The summed E-state index contributed by atoms with van der Waals surface area (Å²) < 4.78 is 25.0. The number of hydrogen-bond acceptors (Lipinski definition) is 5.